The highest BCUT2D eigenvalue weighted by atomic mass is 16.2. The van der Waals surface area contributed by atoms with Gasteiger partial charge in [-0.15, -0.1) is 0 Å². The van der Waals surface area contributed by atoms with E-state index in [2.05, 4.69) is 16.9 Å². The minimum absolute atomic E-state index is 0.00670. The predicted molar refractivity (Wildman–Crippen MR) is 77.5 cm³/mol. The number of unbranched alkanes of at least 4 members (excludes halogenated alkanes) is 1. The monoisotopic (exact) mass is 264 g/mol. The highest BCUT2D eigenvalue weighted by Gasteiger charge is 2.13. The lowest BCUT2D eigenvalue weighted by molar-refractivity contribution is 0.0772. The molecular formula is C14H24N4O. The van der Waals surface area contributed by atoms with Crippen LogP contribution in [0.1, 0.15) is 44.0 Å². The summed E-state index contributed by atoms with van der Waals surface area (Å²) in [6.45, 7) is 8.42. The van der Waals surface area contributed by atoms with Crippen molar-refractivity contribution in [3.63, 3.8) is 0 Å². The van der Waals surface area contributed by atoms with Crippen LogP contribution in [-0.4, -0.2) is 47.5 Å². The molecule has 0 aromatic carbocycles. The van der Waals surface area contributed by atoms with Crippen LogP contribution < -0.4 is 4.90 Å². The van der Waals surface area contributed by atoms with Crippen LogP contribution in [0.15, 0.2) is 12.4 Å². The van der Waals surface area contributed by atoms with Crippen molar-refractivity contribution < 1.29 is 4.79 Å². The molecule has 19 heavy (non-hydrogen) atoms. The highest BCUT2D eigenvalue weighted by molar-refractivity contribution is 5.93. The van der Waals surface area contributed by atoms with Crippen LogP contribution >= 0.6 is 0 Å². The van der Waals surface area contributed by atoms with E-state index in [9.17, 15) is 4.79 Å². The maximum atomic E-state index is 12.1. The summed E-state index contributed by atoms with van der Waals surface area (Å²) in [5, 5.41) is 0. The largest absolute Gasteiger partial charge is 0.344 e. The average Bonchev–Trinajstić information content (AvgIpc) is 2.46. The van der Waals surface area contributed by atoms with Crippen LogP contribution in [0.25, 0.3) is 0 Å². The Hall–Kier alpha value is -1.65. The number of carbonyl (C=O) groups excluding carboxylic acids is 1. The number of hydrogen-bond donors (Lipinski definition) is 0. The molecule has 0 fully saturated rings. The van der Waals surface area contributed by atoms with Crippen molar-refractivity contribution in [3.05, 3.63) is 18.0 Å². The number of hydrogen-bond acceptors (Lipinski definition) is 4. The Morgan fingerprint density at radius 2 is 1.74 bits per heavy atom. The van der Waals surface area contributed by atoms with E-state index >= 15 is 0 Å². The van der Waals surface area contributed by atoms with Crippen LogP contribution in [0.5, 0.6) is 0 Å². The summed E-state index contributed by atoms with van der Waals surface area (Å²) >= 11 is 0. The zero-order chi connectivity index (χ0) is 14.3. The number of anilines is 1. The van der Waals surface area contributed by atoms with E-state index in [0.717, 1.165) is 19.4 Å². The summed E-state index contributed by atoms with van der Waals surface area (Å²) in [5.74, 6) is 0.664. The Morgan fingerprint density at radius 1 is 1.16 bits per heavy atom. The van der Waals surface area contributed by atoms with Crippen molar-refractivity contribution in [2.24, 2.45) is 0 Å². The first-order chi connectivity index (χ1) is 9.13. The molecule has 0 aliphatic heterocycles. The predicted octanol–water partition coefficient (Wildman–Crippen LogP) is 2.19. The van der Waals surface area contributed by atoms with Crippen LogP contribution in [0.3, 0.4) is 0 Å². The summed E-state index contributed by atoms with van der Waals surface area (Å²) in [6.07, 6.45) is 5.49. The topological polar surface area (TPSA) is 49.3 Å². The Bertz CT molecular complexity index is 387. The van der Waals surface area contributed by atoms with Gasteiger partial charge in [0, 0.05) is 39.1 Å². The molecule has 0 saturated heterocycles. The number of amides is 1. The molecule has 0 saturated carbocycles. The van der Waals surface area contributed by atoms with E-state index in [-0.39, 0.29) is 5.91 Å². The second kappa shape index (κ2) is 7.71. The number of nitrogens with zero attached hydrogens (tertiary/aromatic N) is 4. The second-order valence-electron chi connectivity index (χ2n) is 4.52. The van der Waals surface area contributed by atoms with Crippen molar-refractivity contribution in [2.45, 2.75) is 33.6 Å². The molecule has 0 aliphatic carbocycles. The first-order valence-corrected chi connectivity index (χ1v) is 6.96. The van der Waals surface area contributed by atoms with E-state index in [1.807, 2.05) is 25.8 Å². The SMILES string of the molecule is CCCCN(C)c1ncc(C(=O)N(CC)CC)cn1. The highest BCUT2D eigenvalue weighted by Crippen LogP contribution is 2.08. The standard InChI is InChI=1S/C14H24N4O/c1-5-8-9-17(4)14-15-10-12(11-16-14)13(19)18(6-2)7-3/h10-11H,5-9H2,1-4H3. The van der Waals surface area contributed by atoms with E-state index in [1.54, 1.807) is 17.3 Å². The molecule has 0 radical (unpaired) electrons. The number of carbonyl (C=O) groups is 1. The van der Waals surface area contributed by atoms with Crippen LogP contribution in [0, 0.1) is 0 Å². The minimum Gasteiger partial charge on any atom is -0.344 e. The molecule has 1 rings (SSSR count). The molecule has 0 atom stereocenters. The van der Waals surface area contributed by atoms with Crippen LogP contribution in [0.4, 0.5) is 5.95 Å². The molecule has 0 N–H and O–H groups in total. The molecule has 1 heterocycles. The third kappa shape index (κ3) is 4.19. The number of aromatic nitrogens is 2. The van der Waals surface area contributed by atoms with Gasteiger partial charge in [0.05, 0.1) is 5.56 Å². The van der Waals surface area contributed by atoms with Gasteiger partial charge in [0.15, 0.2) is 0 Å². The first kappa shape index (κ1) is 15.4. The first-order valence-electron chi connectivity index (χ1n) is 6.96. The molecule has 1 aromatic rings. The van der Waals surface area contributed by atoms with E-state index in [0.29, 0.717) is 24.6 Å². The maximum Gasteiger partial charge on any atom is 0.256 e. The second-order valence-corrected chi connectivity index (χ2v) is 4.52. The van der Waals surface area contributed by atoms with E-state index in [1.165, 1.54) is 0 Å². The van der Waals surface area contributed by atoms with Gasteiger partial charge in [0.2, 0.25) is 5.95 Å². The van der Waals surface area contributed by atoms with Crippen molar-refractivity contribution in [1.82, 2.24) is 14.9 Å². The summed E-state index contributed by atoms with van der Waals surface area (Å²) in [5.41, 5.74) is 0.552. The van der Waals surface area contributed by atoms with Crippen LogP contribution in [-0.2, 0) is 0 Å². The molecule has 5 heteroatoms. The molecule has 106 valence electrons. The van der Waals surface area contributed by atoms with Gasteiger partial charge in [-0.2, -0.15) is 0 Å². The van der Waals surface area contributed by atoms with E-state index < -0.39 is 0 Å². The molecule has 5 nitrogen and oxygen atoms in total. The van der Waals surface area contributed by atoms with Gasteiger partial charge in [0.25, 0.3) is 5.91 Å². The molecule has 0 spiro atoms. The van der Waals surface area contributed by atoms with Crippen molar-refractivity contribution in [3.8, 4) is 0 Å². The fourth-order valence-corrected chi connectivity index (χ4v) is 1.82. The van der Waals surface area contributed by atoms with E-state index in [4.69, 9.17) is 0 Å². The Labute approximate surface area is 115 Å². The molecule has 1 amide bonds. The third-order valence-electron chi connectivity index (χ3n) is 3.12. The van der Waals surface area contributed by atoms with Crippen LogP contribution in [0.2, 0.25) is 0 Å². The fraction of sp³-hybridized carbons (Fsp3) is 0.643. The smallest absolute Gasteiger partial charge is 0.256 e. The molecule has 0 bridgehead atoms. The van der Waals surface area contributed by atoms with Crippen molar-refractivity contribution >= 4 is 11.9 Å². The molecular weight excluding hydrogens is 240 g/mol. The van der Waals surface area contributed by atoms with Crippen molar-refractivity contribution in [2.75, 3.05) is 31.6 Å². The number of rotatable bonds is 7. The normalized spacial score (nSPS) is 10.3. The summed E-state index contributed by atoms with van der Waals surface area (Å²) < 4.78 is 0. The quantitative estimate of drug-likeness (QED) is 0.757. The lowest BCUT2D eigenvalue weighted by atomic mass is 10.3. The lowest BCUT2D eigenvalue weighted by Gasteiger charge is -2.19. The molecule has 0 aliphatic rings. The molecule has 0 unspecified atom stereocenters. The zero-order valence-electron chi connectivity index (χ0n) is 12.4. The molecule has 1 aromatic heterocycles. The van der Waals surface area contributed by atoms with Gasteiger partial charge in [0.1, 0.15) is 0 Å². The average molecular weight is 264 g/mol. The lowest BCUT2D eigenvalue weighted by Crippen LogP contribution is -2.31. The summed E-state index contributed by atoms with van der Waals surface area (Å²) in [4.78, 5) is 24.4. The van der Waals surface area contributed by atoms with Gasteiger partial charge in [-0.3, -0.25) is 4.79 Å². The van der Waals surface area contributed by atoms with Gasteiger partial charge in [-0.05, 0) is 20.3 Å². The maximum absolute atomic E-state index is 12.1. The van der Waals surface area contributed by atoms with Gasteiger partial charge in [-0.25, -0.2) is 9.97 Å². The van der Waals surface area contributed by atoms with Gasteiger partial charge in [-0.1, -0.05) is 13.3 Å². The fourth-order valence-electron chi connectivity index (χ4n) is 1.82. The summed E-state index contributed by atoms with van der Waals surface area (Å²) in [7, 11) is 1.97. The van der Waals surface area contributed by atoms with Gasteiger partial charge < -0.3 is 9.80 Å². The zero-order valence-corrected chi connectivity index (χ0v) is 12.4. The Balaban J connectivity index is 2.73. The Morgan fingerprint density at radius 3 is 2.21 bits per heavy atom. The van der Waals surface area contributed by atoms with Gasteiger partial charge >= 0.3 is 0 Å². The van der Waals surface area contributed by atoms with Crippen molar-refractivity contribution in [1.29, 1.82) is 0 Å². The summed E-state index contributed by atoms with van der Waals surface area (Å²) in [6, 6.07) is 0. The minimum atomic E-state index is -0.00670. The Kier molecular flexibility index (Phi) is 6.25. The third-order valence-corrected chi connectivity index (χ3v) is 3.12.